The average molecular weight is 239 g/mol. The average Bonchev–Trinajstić information content (AvgIpc) is 2.78. The number of oxazole rings is 1. The molecule has 0 bridgehead atoms. The van der Waals surface area contributed by atoms with Crippen LogP contribution < -0.4 is 0 Å². The molecule has 0 aliphatic rings. The Morgan fingerprint density at radius 3 is 2.29 bits per heavy atom. The third-order valence-electron chi connectivity index (χ3n) is 2.11. The van der Waals surface area contributed by atoms with Gasteiger partial charge in [-0.3, -0.25) is 0 Å². The van der Waals surface area contributed by atoms with Crippen molar-refractivity contribution in [1.29, 1.82) is 0 Å². The van der Waals surface area contributed by atoms with Gasteiger partial charge in [0.15, 0.2) is 0 Å². The van der Waals surface area contributed by atoms with Crippen LogP contribution in [0.5, 0.6) is 0 Å². The molecule has 0 saturated heterocycles. The van der Waals surface area contributed by atoms with Gasteiger partial charge in [-0.15, -0.1) is 0 Å². The number of hydrogen-bond donors (Lipinski definition) is 0. The molecular formula is C12H8F3NO. The number of rotatable bonds is 2. The minimum Gasteiger partial charge on any atom is -0.445 e. The Bertz CT molecular complexity index is 498. The van der Waals surface area contributed by atoms with E-state index in [2.05, 4.69) is 4.98 Å². The van der Waals surface area contributed by atoms with Crippen molar-refractivity contribution in [1.82, 2.24) is 4.98 Å². The number of alkyl halides is 3. The summed E-state index contributed by atoms with van der Waals surface area (Å²) in [4.78, 5) is 3.85. The van der Waals surface area contributed by atoms with Crippen LogP contribution in [0.3, 0.4) is 0 Å². The van der Waals surface area contributed by atoms with Crippen molar-refractivity contribution in [2.45, 2.75) is 6.18 Å². The maximum atomic E-state index is 12.3. The van der Waals surface area contributed by atoms with Crippen LogP contribution in [0.2, 0.25) is 0 Å². The molecule has 0 radical (unpaired) electrons. The third kappa shape index (κ3) is 2.96. The summed E-state index contributed by atoms with van der Waals surface area (Å²) in [7, 11) is 0. The van der Waals surface area contributed by atoms with Gasteiger partial charge >= 0.3 is 6.18 Å². The smallest absolute Gasteiger partial charge is 0.416 e. The highest BCUT2D eigenvalue weighted by Gasteiger charge is 2.29. The lowest BCUT2D eigenvalue weighted by molar-refractivity contribution is -0.137. The van der Waals surface area contributed by atoms with Crippen LogP contribution in [-0.4, -0.2) is 4.98 Å². The molecule has 1 aromatic heterocycles. The molecule has 1 aromatic carbocycles. The maximum Gasteiger partial charge on any atom is 0.416 e. The first-order valence-electron chi connectivity index (χ1n) is 4.80. The molecule has 2 aromatic rings. The quantitative estimate of drug-likeness (QED) is 0.795. The lowest BCUT2D eigenvalue weighted by atomic mass is 10.1. The first kappa shape index (κ1) is 11.4. The standard InChI is InChI=1S/C12H8F3NO/c13-12(14,15)10-4-1-9(2-5-10)3-6-11-16-7-8-17-11/h1-8H. The summed E-state index contributed by atoms with van der Waals surface area (Å²) in [5.74, 6) is 0.407. The Morgan fingerprint density at radius 2 is 1.76 bits per heavy atom. The summed E-state index contributed by atoms with van der Waals surface area (Å²) < 4.78 is 41.8. The number of halogens is 3. The molecule has 0 amide bonds. The molecule has 0 fully saturated rings. The van der Waals surface area contributed by atoms with Gasteiger partial charge in [0, 0.05) is 6.08 Å². The van der Waals surface area contributed by atoms with Crippen molar-refractivity contribution in [2.24, 2.45) is 0 Å². The second-order valence-electron chi connectivity index (χ2n) is 3.32. The van der Waals surface area contributed by atoms with Crippen LogP contribution >= 0.6 is 0 Å². The lowest BCUT2D eigenvalue weighted by Crippen LogP contribution is -2.03. The van der Waals surface area contributed by atoms with Gasteiger partial charge in [-0.2, -0.15) is 13.2 Å². The molecule has 0 atom stereocenters. The molecule has 88 valence electrons. The van der Waals surface area contributed by atoms with Crippen molar-refractivity contribution in [2.75, 3.05) is 0 Å². The molecular weight excluding hydrogens is 231 g/mol. The van der Waals surface area contributed by atoms with Gasteiger partial charge in [-0.1, -0.05) is 12.1 Å². The van der Waals surface area contributed by atoms with E-state index in [1.54, 1.807) is 12.2 Å². The number of nitrogens with zero attached hydrogens (tertiary/aromatic N) is 1. The zero-order chi connectivity index (χ0) is 12.3. The molecule has 0 spiro atoms. The zero-order valence-electron chi connectivity index (χ0n) is 8.61. The predicted octanol–water partition coefficient (Wildman–Crippen LogP) is 3.86. The van der Waals surface area contributed by atoms with E-state index in [-0.39, 0.29) is 0 Å². The molecule has 0 saturated carbocycles. The topological polar surface area (TPSA) is 26.0 Å². The summed E-state index contributed by atoms with van der Waals surface area (Å²) >= 11 is 0. The van der Waals surface area contributed by atoms with Crippen LogP contribution in [0, 0.1) is 0 Å². The molecule has 0 unspecified atom stereocenters. The molecule has 0 aliphatic carbocycles. The predicted molar refractivity (Wildman–Crippen MR) is 56.9 cm³/mol. The monoisotopic (exact) mass is 239 g/mol. The second kappa shape index (κ2) is 4.45. The van der Waals surface area contributed by atoms with E-state index in [9.17, 15) is 13.2 Å². The summed E-state index contributed by atoms with van der Waals surface area (Å²) in [5.41, 5.74) is -0.0121. The van der Waals surface area contributed by atoms with Gasteiger partial charge < -0.3 is 4.42 Å². The molecule has 1 heterocycles. The Hall–Kier alpha value is -2.04. The van der Waals surface area contributed by atoms with E-state index in [4.69, 9.17) is 4.42 Å². The van der Waals surface area contributed by atoms with E-state index in [1.165, 1.54) is 24.6 Å². The Kier molecular flexibility index (Phi) is 2.99. The van der Waals surface area contributed by atoms with Gasteiger partial charge in [-0.25, -0.2) is 4.98 Å². The molecule has 2 rings (SSSR count). The second-order valence-corrected chi connectivity index (χ2v) is 3.32. The van der Waals surface area contributed by atoms with Gasteiger partial charge in [0.1, 0.15) is 6.26 Å². The molecule has 0 N–H and O–H groups in total. The zero-order valence-corrected chi connectivity index (χ0v) is 8.61. The van der Waals surface area contributed by atoms with Gasteiger partial charge in [0.2, 0.25) is 5.89 Å². The van der Waals surface area contributed by atoms with Gasteiger partial charge in [0.25, 0.3) is 0 Å². The number of aromatic nitrogens is 1. The van der Waals surface area contributed by atoms with Crippen LogP contribution in [0.25, 0.3) is 12.2 Å². The highest BCUT2D eigenvalue weighted by atomic mass is 19.4. The van der Waals surface area contributed by atoms with Crippen molar-refractivity contribution in [3.63, 3.8) is 0 Å². The summed E-state index contributed by atoms with van der Waals surface area (Å²) in [6.07, 6.45) is 1.83. The van der Waals surface area contributed by atoms with E-state index in [0.29, 0.717) is 11.5 Å². The van der Waals surface area contributed by atoms with E-state index >= 15 is 0 Å². The van der Waals surface area contributed by atoms with Crippen LogP contribution in [0.1, 0.15) is 17.0 Å². The number of benzene rings is 1. The van der Waals surface area contributed by atoms with Crippen molar-refractivity contribution in [3.8, 4) is 0 Å². The minimum atomic E-state index is -4.30. The van der Waals surface area contributed by atoms with Crippen LogP contribution in [0.4, 0.5) is 13.2 Å². The molecule has 17 heavy (non-hydrogen) atoms. The van der Waals surface area contributed by atoms with E-state index in [1.807, 2.05) is 0 Å². The number of hydrogen-bond acceptors (Lipinski definition) is 2. The fraction of sp³-hybridized carbons (Fsp3) is 0.0833. The summed E-state index contributed by atoms with van der Waals surface area (Å²) in [6, 6.07) is 4.86. The Balaban J connectivity index is 2.14. The highest BCUT2D eigenvalue weighted by molar-refractivity contribution is 5.66. The van der Waals surface area contributed by atoms with E-state index < -0.39 is 11.7 Å². The summed E-state index contributed by atoms with van der Waals surface area (Å²) in [6.45, 7) is 0. The lowest BCUT2D eigenvalue weighted by Gasteiger charge is -2.05. The summed E-state index contributed by atoms with van der Waals surface area (Å²) in [5, 5.41) is 0. The third-order valence-corrected chi connectivity index (χ3v) is 2.11. The first-order chi connectivity index (χ1) is 8.05. The minimum absolute atomic E-state index is 0.407. The van der Waals surface area contributed by atoms with Gasteiger partial charge in [0.05, 0.1) is 11.8 Å². The van der Waals surface area contributed by atoms with Crippen molar-refractivity contribution < 1.29 is 17.6 Å². The first-order valence-corrected chi connectivity index (χ1v) is 4.80. The fourth-order valence-corrected chi connectivity index (χ4v) is 1.27. The van der Waals surface area contributed by atoms with Gasteiger partial charge in [-0.05, 0) is 23.8 Å². The highest BCUT2D eigenvalue weighted by Crippen LogP contribution is 2.29. The molecule has 2 nitrogen and oxygen atoms in total. The largest absolute Gasteiger partial charge is 0.445 e. The van der Waals surface area contributed by atoms with Crippen LogP contribution in [0.15, 0.2) is 41.1 Å². The SMILES string of the molecule is FC(F)(F)c1ccc(C=Cc2ncco2)cc1. The van der Waals surface area contributed by atoms with Crippen molar-refractivity contribution in [3.05, 3.63) is 53.7 Å². The maximum absolute atomic E-state index is 12.3. The van der Waals surface area contributed by atoms with Crippen molar-refractivity contribution >= 4 is 12.2 Å². The van der Waals surface area contributed by atoms with Crippen LogP contribution in [-0.2, 0) is 6.18 Å². The molecule has 0 aliphatic heterocycles. The Morgan fingerprint density at radius 1 is 1.06 bits per heavy atom. The fourth-order valence-electron chi connectivity index (χ4n) is 1.27. The van der Waals surface area contributed by atoms with E-state index in [0.717, 1.165) is 12.1 Å². The molecule has 5 heteroatoms. The normalized spacial score (nSPS) is 12.2. The Labute approximate surface area is 95.4 Å².